The van der Waals surface area contributed by atoms with Gasteiger partial charge in [-0.15, -0.1) is 0 Å². The van der Waals surface area contributed by atoms with Gasteiger partial charge in [0.2, 0.25) is 0 Å². The topological polar surface area (TPSA) is 59.6 Å². The molecule has 2 rings (SSSR count). The molecule has 0 spiro atoms. The van der Waals surface area contributed by atoms with Crippen molar-refractivity contribution in [1.29, 1.82) is 0 Å². The number of methoxy groups -OCH3 is 1. The fraction of sp³-hybridized carbons (Fsp3) is 0.409. The maximum Gasteiger partial charge on any atom is 0.258 e. The summed E-state index contributed by atoms with van der Waals surface area (Å²) in [7, 11) is 1.59. The molecular weight excluding hydrogens is 420 g/mol. The van der Waals surface area contributed by atoms with Gasteiger partial charge in [-0.2, -0.15) is 0 Å². The van der Waals surface area contributed by atoms with Gasteiger partial charge in [0.25, 0.3) is 5.91 Å². The van der Waals surface area contributed by atoms with Crippen LogP contribution >= 0.6 is 15.9 Å². The summed E-state index contributed by atoms with van der Waals surface area (Å²) in [6.07, 6.45) is 0. The van der Waals surface area contributed by atoms with E-state index in [-0.39, 0.29) is 18.1 Å². The van der Waals surface area contributed by atoms with Gasteiger partial charge in [-0.3, -0.25) is 4.79 Å². The van der Waals surface area contributed by atoms with Crippen LogP contribution in [-0.2, 0) is 11.3 Å². The van der Waals surface area contributed by atoms with Gasteiger partial charge in [0.15, 0.2) is 18.1 Å². The van der Waals surface area contributed by atoms with E-state index >= 15 is 0 Å². The van der Waals surface area contributed by atoms with Crippen molar-refractivity contribution in [3.8, 4) is 11.5 Å². The molecule has 2 aromatic carbocycles. The standard InChI is InChI=1S/C22H29BrN2O3/c1-14-7-8-17(9-15(14)2)24-12-16-10-19(27-6)20(11-18(16)23)28-13-21(26)25-22(3,4)5/h7-11,24H,12-13H2,1-6H3,(H,25,26). The first kappa shape index (κ1) is 22.1. The fourth-order valence-corrected chi connectivity index (χ4v) is 3.09. The Hall–Kier alpha value is -2.21. The third-order valence-electron chi connectivity index (χ3n) is 4.20. The molecule has 2 N–H and O–H groups in total. The summed E-state index contributed by atoms with van der Waals surface area (Å²) in [5.74, 6) is 0.933. The van der Waals surface area contributed by atoms with E-state index in [2.05, 4.69) is 58.6 Å². The van der Waals surface area contributed by atoms with Gasteiger partial charge in [0.1, 0.15) is 0 Å². The lowest BCUT2D eigenvalue weighted by atomic mass is 10.1. The summed E-state index contributed by atoms with van der Waals surface area (Å²) in [6.45, 7) is 10.5. The molecule has 0 radical (unpaired) electrons. The number of carbonyl (C=O) groups is 1. The fourth-order valence-electron chi connectivity index (χ4n) is 2.63. The van der Waals surface area contributed by atoms with Crippen molar-refractivity contribution in [2.45, 2.75) is 46.7 Å². The molecule has 5 nitrogen and oxygen atoms in total. The van der Waals surface area contributed by atoms with Crippen molar-refractivity contribution >= 4 is 27.5 Å². The second-order valence-electron chi connectivity index (χ2n) is 7.83. The highest BCUT2D eigenvalue weighted by Gasteiger charge is 2.16. The van der Waals surface area contributed by atoms with Crippen LogP contribution in [0.2, 0.25) is 0 Å². The van der Waals surface area contributed by atoms with E-state index < -0.39 is 0 Å². The summed E-state index contributed by atoms with van der Waals surface area (Å²) in [5.41, 5.74) is 4.31. The van der Waals surface area contributed by atoms with Crippen LogP contribution in [0.1, 0.15) is 37.5 Å². The molecule has 0 aliphatic carbocycles. The van der Waals surface area contributed by atoms with Crippen LogP contribution in [0.5, 0.6) is 11.5 Å². The second kappa shape index (κ2) is 9.32. The number of halogens is 1. The van der Waals surface area contributed by atoms with Gasteiger partial charge in [0.05, 0.1) is 7.11 Å². The van der Waals surface area contributed by atoms with Gasteiger partial charge in [-0.05, 0) is 75.6 Å². The number of hydrogen-bond donors (Lipinski definition) is 2. The number of hydrogen-bond acceptors (Lipinski definition) is 4. The molecule has 0 atom stereocenters. The molecule has 0 heterocycles. The molecule has 0 bridgehead atoms. The molecule has 0 aliphatic heterocycles. The van der Waals surface area contributed by atoms with Crippen LogP contribution in [0.3, 0.4) is 0 Å². The van der Waals surface area contributed by atoms with Gasteiger partial charge in [-0.25, -0.2) is 0 Å². The lowest BCUT2D eigenvalue weighted by Crippen LogP contribution is -2.43. The SMILES string of the molecule is COc1cc(CNc2ccc(C)c(C)c2)c(Br)cc1OCC(=O)NC(C)(C)C. The maximum absolute atomic E-state index is 12.0. The summed E-state index contributed by atoms with van der Waals surface area (Å²) in [6, 6.07) is 10.0. The zero-order chi connectivity index (χ0) is 20.9. The predicted octanol–water partition coefficient (Wildman–Crippen LogP) is 4.98. The summed E-state index contributed by atoms with van der Waals surface area (Å²) in [5, 5.41) is 6.30. The molecule has 2 aromatic rings. The average Bonchev–Trinajstić information content (AvgIpc) is 2.60. The average molecular weight is 449 g/mol. The van der Waals surface area contributed by atoms with Crippen LogP contribution in [-0.4, -0.2) is 25.2 Å². The number of aryl methyl sites for hydroxylation is 2. The minimum atomic E-state index is -0.297. The molecule has 152 valence electrons. The monoisotopic (exact) mass is 448 g/mol. The Morgan fingerprint density at radius 3 is 2.39 bits per heavy atom. The smallest absolute Gasteiger partial charge is 0.258 e. The minimum Gasteiger partial charge on any atom is -0.493 e. The van der Waals surface area contributed by atoms with Crippen molar-refractivity contribution in [3.63, 3.8) is 0 Å². The quantitative estimate of drug-likeness (QED) is 0.626. The highest BCUT2D eigenvalue weighted by Crippen LogP contribution is 2.34. The van der Waals surface area contributed by atoms with Crippen LogP contribution in [0.4, 0.5) is 5.69 Å². The van der Waals surface area contributed by atoms with Gasteiger partial charge in [0, 0.05) is 22.2 Å². The number of rotatable bonds is 7. The molecule has 0 saturated heterocycles. The predicted molar refractivity (Wildman–Crippen MR) is 117 cm³/mol. The molecule has 0 aromatic heterocycles. The van der Waals surface area contributed by atoms with Crippen molar-refractivity contribution in [3.05, 3.63) is 51.5 Å². The lowest BCUT2D eigenvalue weighted by molar-refractivity contribution is -0.124. The van der Waals surface area contributed by atoms with E-state index in [0.29, 0.717) is 18.0 Å². The van der Waals surface area contributed by atoms with Crippen molar-refractivity contribution < 1.29 is 14.3 Å². The van der Waals surface area contributed by atoms with E-state index in [1.807, 2.05) is 32.9 Å². The Morgan fingerprint density at radius 2 is 1.79 bits per heavy atom. The van der Waals surface area contributed by atoms with E-state index in [4.69, 9.17) is 9.47 Å². The highest BCUT2D eigenvalue weighted by atomic mass is 79.9. The Bertz CT molecular complexity index is 844. The first-order valence-electron chi connectivity index (χ1n) is 9.20. The van der Waals surface area contributed by atoms with Crippen molar-refractivity contribution in [2.24, 2.45) is 0 Å². The zero-order valence-corrected chi connectivity index (χ0v) is 19.0. The molecular formula is C22H29BrN2O3. The van der Waals surface area contributed by atoms with Crippen molar-refractivity contribution in [2.75, 3.05) is 19.0 Å². The van der Waals surface area contributed by atoms with Crippen LogP contribution < -0.4 is 20.1 Å². The molecule has 0 aliphatic rings. The van der Waals surface area contributed by atoms with Gasteiger partial charge < -0.3 is 20.1 Å². The Labute approximate surface area is 175 Å². The first-order chi connectivity index (χ1) is 13.1. The number of amides is 1. The molecule has 28 heavy (non-hydrogen) atoms. The number of ether oxygens (including phenoxy) is 2. The number of carbonyl (C=O) groups excluding carboxylic acids is 1. The van der Waals surface area contributed by atoms with E-state index in [9.17, 15) is 4.79 Å². The lowest BCUT2D eigenvalue weighted by Gasteiger charge is -2.21. The van der Waals surface area contributed by atoms with Gasteiger partial charge >= 0.3 is 0 Å². The summed E-state index contributed by atoms with van der Waals surface area (Å²) >= 11 is 3.59. The van der Waals surface area contributed by atoms with E-state index in [0.717, 1.165) is 15.7 Å². The molecule has 1 amide bonds. The molecule has 6 heteroatoms. The van der Waals surface area contributed by atoms with Crippen molar-refractivity contribution in [1.82, 2.24) is 5.32 Å². The van der Waals surface area contributed by atoms with Gasteiger partial charge in [-0.1, -0.05) is 22.0 Å². The third-order valence-corrected chi connectivity index (χ3v) is 4.93. The molecule has 0 fully saturated rings. The number of nitrogens with one attached hydrogen (secondary N) is 2. The normalized spacial score (nSPS) is 11.1. The number of benzene rings is 2. The zero-order valence-electron chi connectivity index (χ0n) is 17.4. The Kier molecular flexibility index (Phi) is 7.35. The molecule has 0 saturated carbocycles. The molecule has 0 unspecified atom stereocenters. The Morgan fingerprint density at radius 1 is 1.07 bits per heavy atom. The van der Waals surface area contributed by atoms with Crippen LogP contribution in [0.15, 0.2) is 34.8 Å². The first-order valence-corrected chi connectivity index (χ1v) is 9.99. The van der Waals surface area contributed by atoms with Crippen LogP contribution in [0, 0.1) is 13.8 Å². The van der Waals surface area contributed by atoms with Crippen LogP contribution in [0.25, 0.3) is 0 Å². The minimum absolute atomic E-state index is 0.0691. The second-order valence-corrected chi connectivity index (χ2v) is 8.69. The van der Waals surface area contributed by atoms with E-state index in [1.54, 1.807) is 7.11 Å². The van der Waals surface area contributed by atoms with E-state index in [1.165, 1.54) is 11.1 Å². The number of anilines is 1. The highest BCUT2D eigenvalue weighted by molar-refractivity contribution is 9.10. The largest absolute Gasteiger partial charge is 0.493 e. The maximum atomic E-state index is 12.0. The third kappa shape index (κ3) is 6.44. The summed E-state index contributed by atoms with van der Waals surface area (Å²) < 4.78 is 12.0. The summed E-state index contributed by atoms with van der Waals surface area (Å²) in [4.78, 5) is 12.0. The Balaban J connectivity index is 2.07.